The van der Waals surface area contributed by atoms with Gasteiger partial charge in [0.2, 0.25) is 11.8 Å². The van der Waals surface area contributed by atoms with E-state index in [9.17, 15) is 14.4 Å². The highest BCUT2D eigenvalue weighted by Crippen LogP contribution is 2.33. The standard InChI is InChI=1S/C26H22ClN3O3/c1-17(31)30-15-14-18-6-2-3-7-21(18)24(30)16-25(32)28-22-8-4-5-9-23(22)29-26(33)19-10-12-20(27)13-11-19/h2-15,24H,16H2,1H3,(H,28,32)(H,29,33). The molecule has 2 N–H and O–H groups in total. The van der Waals surface area contributed by atoms with Crippen molar-refractivity contribution in [3.05, 3.63) is 101 Å². The first-order valence-corrected chi connectivity index (χ1v) is 10.8. The van der Waals surface area contributed by atoms with Gasteiger partial charge in [-0.3, -0.25) is 14.4 Å². The van der Waals surface area contributed by atoms with E-state index in [1.165, 1.54) is 6.92 Å². The lowest BCUT2D eigenvalue weighted by atomic mass is 9.93. The number of nitrogens with one attached hydrogen (secondary N) is 2. The number of halogens is 1. The number of carbonyl (C=O) groups excluding carboxylic acids is 3. The van der Waals surface area contributed by atoms with E-state index in [1.807, 2.05) is 30.3 Å². The summed E-state index contributed by atoms with van der Waals surface area (Å²) < 4.78 is 0. The van der Waals surface area contributed by atoms with Crippen LogP contribution in [0.2, 0.25) is 5.02 Å². The number of nitrogens with zero attached hydrogens (tertiary/aromatic N) is 1. The quantitative estimate of drug-likeness (QED) is 0.529. The molecular formula is C26H22ClN3O3. The van der Waals surface area contributed by atoms with Crippen molar-refractivity contribution in [3.8, 4) is 0 Å². The lowest BCUT2D eigenvalue weighted by Gasteiger charge is -2.32. The van der Waals surface area contributed by atoms with Crippen molar-refractivity contribution in [2.45, 2.75) is 19.4 Å². The molecule has 7 heteroatoms. The van der Waals surface area contributed by atoms with Crippen LogP contribution in [0.1, 0.15) is 40.9 Å². The topological polar surface area (TPSA) is 78.5 Å². The van der Waals surface area contributed by atoms with Gasteiger partial charge < -0.3 is 15.5 Å². The molecule has 1 heterocycles. The van der Waals surface area contributed by atoms with Crippen LogP contribution in [0.4, 0.5) is 11.4 Å². The normalized spacial score (nSPS) is 14.4. The van der Waals surface area contributed by atoms with Crippen molar-refractivity contribution in [2.24, 2.45) is 0 Å². The van der Waals surface area contributed by atoms with Crippen LogP contribution in [0.25, 0.3) is 6.08 Å². The Balaban J connectivity index is 1.51. The molecule has 3 amide bonds. The van der Waals surface area contributed by atoms with Gasteiger partial charge in [0.25, 0.3) is 5.91 Å². The number of amides is 3. The lowest BCUT2D eigenvalue weighted by molar-refractivity contribution is -0.129. The monoisotopic (exact) mass is 459 g/mol. The van der Waals surface area contributed by atoms with Gasteiger partial charge in [0.15, 0.2) is 0 Å². The minimum absolute atomic E-state index is 0.0698. The zero-order valence-electron chi connectivity index (χ0n) is 17.9. The van der Waals surface area contributed by atoms with E-state index in [0.29, 0.717) is 22.0 Å². The fraction of sp³-hybridized carbons (Fsp3) is 0.115. The van der Waals surface area contributed by atoms with Crippen LogP contribution >= 0.6 is 11.6 Å². The number of benzene rings is 3. The maximum atomic E-state index is 13.0. The zero-order chi connectivity index (χ0) is 23.4. The van der Waals surface area contributed by atoms with E-state index >= 15 is 0 Å². The minimum atomic E-state index is -0.417. The summed E-state index contributed by atoms with van der Waals surface area (Å²) in [5.74, 6) is -0.735. The highest BCUT2D eigenvalue weighted by atomic mass is 35.5. The Kier molecular flexibility index (Phi) is 6.56. The third-order valence-electron chi connectivity index (χ3n) is 5.40. The Labute approximate surface area is 196 Å². The highest BCUT2D eigenvalue weighted by molar-refractivity contribution is 6.30. The molecule has 1 unspecified atom stereocenters. The molecular weight excluding hydrogens is 438 g/mol. The molecule has 3 aromatic carbocycles. The van der Waals surface area contributed by atoms with Crippen molar-refractivity contribution < 1.29 is 14.4 Å². The van der Waals surface area contributed by atoms with Gasteiger partial charge in [-0.05, 0) is 53.6 Å². The van der Waals surface area contributed by atoms with Crippen LogP contribution in [0.5, 0.6) is 0 Å². The second-order valence-corrected chi connectivity index (χ2v) is 8.08. The first-order valence-electron chi connectivity index (χ1n) is 10.4. The molecule has 0 fully saturated rings. The molecule has 0 saturated carbocycles. The molecule has 0 saturated heterocycles. The Morgan fingerprint density at radius 3 is 2.21 bits per heavy atom. The summed E-state index contributed by atoms with van der Waals surface area (Å²) in [6, 6.07) is 20.8. The molecule has 4 rings (SSSR count). The SMILES string of the molecule is CC(=O)N1C=Cc2ccccc2C1CC(=O)Nc1ccccc1NC(=O)c1ccc(Cl)cc1. The van der Waals surface area contributed by atoms with Crippen LogP contribution in [0.15, 0.2) is 79.0 Å². The molecule has 166 valence electrons. The first-order chi connectivity index (χ1) is 15.9. The van der Waals surface area contributed by atoms with E-state index in [4.69, 9.17) is 11.6 Å². The van der Waals surface area contributed by atoms with E-state index < -0.39 is 6.04 Å². The Morgan fingerprint density at radius 1 is 0.879 bits per heavy atom. The van der Waals surface area contributed by atoms with Crippen molar-refractivity contribution in [1.29, 1.82) is 0 Å². The molecule has 0 bridgehead atoms. The van der Waals surface area contributed by atoms with Crippen molar-refractivity contribution in [1.82, 2.24) is 4.90 Å². The number of anilines is 2. The van der Waals surface area contributed by atoms with Gasteiger partial charge in [0, 0.05) is 23.7 Å². The fourth-order valence-corrected chi connectivity index (χ4v) is 3.91. The third kappa shape index (κ3) is 5.13. The highest BCUT2D eigenvalue weighted by Gasteiger charge is 2.28. The molecule has 0 aliphatic carbocycles. The van der Waals surface area contributed by atoms with Gasteiger partial charge in [0.1, 0.15) is 0 Å². The summed E-state index contributed by atoms with van der Waals surface area (Å²) in [6.45, 7) is 1.48. The van der Waals surface area contributed by atoms with Gasteiger partial charge in [-0.15, -0.1) is 0 Å². The molecule has 6 nitrogen and oxygen atoms in total. The third-order valence-corrected chi connectivity index (χ3v) is 5.66. The molecule has 0 aromatic heterocycles. The molecule has 0 spiro atoms. The van der Waals surface area contributed by atoms with E-state index in [0.717, 1.165) is 11.1 Å². The molecule has 0 radical (unpaired) electrons. The van der Waals surface area contributed by atoms with Crippen LogP contribution in [-0.2, 0) is 9.59 Å². The van der Waals surface area contributed by atoms with Crippen LogP contribution in [-0.4, -0.2) is 22.6 Å². The average Bonchev–Trinajstić information content (AvgIpc) is 2.80. The van der Waals surface area contributed by atoms with Gasteiger partial charge in [-0.25, -0.2) is 0 Å². The van der Waals surface area contributed by atoms with Gasteiger partial charge in [-0.2, -0.15) is 0 Å². The van der Waals surface area contributed by atoms with Crippen LogP contribution < -0.4 is 10.6 Å². The van der Waals surface area contributed by atoms with E-state index in [1.54, 1.807) is 59.6 Å². The minimum Gasteiger partial charge on any atom is -0.324 e. The number of fused-ring (bicyclic) bond motifs is 1. The molecule has 3 aromatic rings. The largest absolute Gasteiger partial charge is 0.324 e. The lowest BCUT2D eigenvalue weighted by Crippen LogP contribution is -2.33. The molecule has 1 aliphatic rings. The molecule has 1 aliphatic heterocycles. The number of hydrogen-bond acceptors (Lipinski definition) is 3. The molecule has 1 atom stereocenters. The van der Waals surface area contributed by atoms with Crippen molar-refractivity contribution in [3.63, 3.8) is 0 Å². The predicted molar refractivity (Wildman–Crippen MR) is 130 cm³/mol. The summed E-state index contributed by atoms with van der Waals surface area (Å²) in [7, 11) is 0. The summed E-state index contributed by atoms with van der Waals surface area (Å²) >= 11 is 5.89. The number of para-hydroxylation sites is 2. The van der Waals surface area contributed by atoms with E-state index in [-0.39, 0.29) is 24.1 Å². The second kappa shape index (κ2) is 9.71. The van der Waals surface area contributed by atoms with Crippen molar-refractivity contribution >= 4 is 46.8 Å². The number of hydrogen-bond donors (Lipinski definition) is 2. The van der Waals surface area contributed by atoms with Crippen molar-refractivity contribution in [2.75, 3.05) is 10.6 Å². The molecule has 33 heavy (non-hydrogen) atoms. The summed E-state index contributed by atoms with van der Waals surface area (Å²) in [5, 5.41) is 6.24. The Morgan fingerprint density at radius 2 is 1.52 bits per heavy atom. The van der Waals surface area contributed by atoms with E-state index in [2.05, 4.69) is 10.6 Å². The number of rotatable bonds is 5. The fourth-order valence-electron chi connectivity index (χ4n) is 3.79. The second-order valence-electron chi connectivity index (χ2n) is 7.65. The van der Waals surface area contributed by atoms with Gasteiger partial charge in [0.05, 0.1) is 23.8 Å². The predicted octanol–water partition coefficient (Wildman–Crippen LogP) is 5.50. The maximum Gasteiger partial charge on any atom is 0.255 e. The van der Waals surface area contributed by atoms with Crippen LogP contribution in [0.3, 0.4) is 0 Å². The van der Waals surface area contributed by atoms with Gasteiger partial charge >= 0.3 is 0 Å². The first kappa shape index (κ1) is 22.3. The average molecular weight is 460 g/mol. The maximum absolute atomic E-state index is 13.0. The zero-order valence-corrected chi connectivity index (χ0v) is 18.7. The summed E-state index contributed by atoms with van der Waals surface area (Å²) in [4.78, 5) is 39.4. The van der Waals surface area contributed by atoms with Gasteiger partial charge in [-0.1, -0.05) is 48.0 Å². The Hall–Kier alpha value is -3.90. The number of carbonyl (C=O) groups is 3. The summed E-state index contributed by atoms with van der Waals surface area (Å²) in [5.41, 5.74) is 3.28. The summed E-state index contributed by atoms with van der Waals surface area (Å²) in [6.07, 6.45) is 3.65. The smallest absolute Gasteiger partial charge is 0.255 e. The Bertz CT molecular complexity index is 1240. The van der Waals surface area contributed by atoms with Crippen LogP contribution in [0, 0.1) is 0 Å².